The van der Waals surface area contributed by atoms with E-state index in [1.807, 2.05) is 10.9 Å². The van der Waals surface area contributed by atoms with Crippen LogP contribution in [0.4, 0.5) is 5.82 Å². The monoisotopic (exact) mass is 276 g/mol. The average molecular weight is 276 g/mol. The van der Waals surface area contributed by atoms with Crippen LogP contribution in [0, 0.1) is 0 Å². The molecule has 7 heteroatoms. The molecule has 0 bridgehead atoms. The molecule has 0 unspecified atom stereocenters. The molecule has 1 fully saturated rings. The molecule has 3 heterocycles. The van der Waals surface area contributed by atoms with E-state index in [2.05, 4.69) is 33.8 Å². The van der Waals surface area contributed by atoms with Crippen LogP contribution in [-0.4, -0.2) is 51.6 Å². The van der Waals surface area contributed by atoms with Crippen molar-refractivity contribution in [1.82, 2.24) is 19.7 Å². The van der Waals surface area contributed by atoms with Gasteiger partial charge in [0, 0.05) is 19.6 Å². The zero-order chi connectivity index (χ0) is 14.1. The molecule has 108 valence electrons. The number of morpholine rings is 1. The van der Waals surface area contributed by atoms with Gasteiger partial charge >= 0.3 is 0 Å². The first-order chi connectivity index (χ1) is 9.69. The molecule has 2 atom stereocenters. The maximum Gasteiger partial charge on any atom is 0.163 e. The van der Waals surface area contributed by atoms with E-state index >= 15 is 0 Å². The third-order valence-corrected chi connectivity index (χ3v) is 3.47. The van der Waals surface area contributed by atoms with Gasteiger partial charge in [0.1, 0.15) is 12.1 Å². The van der Waals surface area contributed by atoms with E-state index in [1.54, 1.807) is 6.33 Å². The van der Waals surface area contributed by atoms with Crippen molar-refractivity contribution in [3.63, 3.8) is 0 Å². The van der Waals surface area contributed by atoms with Crippen LogP contribution in [-0.2, 0) is 11.3 Å². The van der Waals surface area contributed by atoms with E-state index in [9.17, 15) is 0 Å². The lowest BCUT2D eigenvalue weighted by atomic mass is 10.2. The van der Waals surface area contributed by atoms with E-state index < -0.39 is 0 Å². The molecule has 0 aliphatic carbocycles. The van der Waals surface area contributed by atoms with Crippen LogP contribution in [0.15, 0.2) is 12.5 Å². The minimum absolute atomic E-state index is 0.197. The van der Waals surface area contributed by atoms with E-state index in [1.165, 1.54) is 0 Å². The van der Waals surface area contributed by atoms with E-state index in [0.717, 1.165) is 29.9 Å². The van der Waals surface area contributed by atoms with E-state index in [0.29, 0.717) is 13.1 Å². The van der Waals surface area contributed by atoms with Crippen LogP contribution in [0.1, 0.15) is 13.8 Å². The van der Waals surface area contributed by atoms with Crippen LogP contribution >= 0.6 is 0 Å². The van der Waals surface area contributed by atoms with Gasteiger partial charge in [-0.1, -0.05) is 0 Å². The number of hydrogen-bond donors (Lipinski definition) is 1. The number of fused-ring (bicyclic) bond motifs is 1. The molecule has 1 aliphatic rings. The zero-order valence-electron chi connectivity index (χ0n) is 11.9. The summed E-state index contributed by atoms with van der Waals surface area (Å²) in [6.07, 6.45) is 3.81. The van der Waals surface area contributed by atoms with Gasteiger partial charge in [-0.3, -0.25) is 0 Å². The van der Waals surface area contributed by atoms with Crippen molar-refractivity contribution in [3.8, 4) is 0 Å². The summed E-state index contributed by atoms with van der Waals surface area (Å²) in [5, 5.41) is 5.33. The molecule has 0 spiro atoms. The summed E-state index contributed by atoms with van der Waals surface area (Å²) in [7, 11) is 0. The maximum absolute atomic E-state index is 5.77. The highest BCUT2D eigenvalue weighted by Crippen LogP contribution is 2.25. The summed E-state index contributed by atoms with van der Waals surface area (Å²) >= 11 is 0. The minimum atomic E-state index is 0.197. The largest absolute Gasteiger partial charge is 0.372 e. The fraction of sp³-hybridized carbons (Fsp3) is 0.615. The Kier molecular flexibility index (Phi) is 3.54. The van der Waals surface area contributed by atoms with Gasteiger partial charge in [0.15, 0.2) is 5.65 Å². The average Bonchev–Trinajstić information content (AvgIpc) is 2.81. The molecule has 20 heavy (non-hydrogen) atoms. The summed E-state index contributed by atoms with van der Waals surface area (Å²) in [6, 6.07) is 0. The molecule has 1 saturated heterocycles. The topological polar surface area (TPSA) is 82.1 Å². The molecular formula is C13H20N6O. The van der Waals surface area contributed by atoms with Crippen LogP contribution in [0.2, 0.25) is 0 Å². The molecule has 0 radical (unpaired) electrons. The lowest BCUT2D eigenvalue weighted by molar-refractivity contribution is -0.00537. The Balaban J connectivity index is 1.99. The fourth-order valence-corrected chi connectivity index (χ4v) is 2.77. The Hall–Kier alpha value is -1.73. The summed E-state index contributed by atoms with van der Waals surface area (Å²) in [4.78, 5) is 11.0. The van der Waals surface area contributed by atoms with Gasteiger partial charge in [-0.15, -0.1) is 0 Å². The SMILES string of the molecule is C[C@H]1CN(c2ncnc3c2cnn3CCN)C[C@H](C)O1. The molecule has 0 saturated carbocycles. The van der Waals surface area contributed by atoms with Crippen molar-refractivity contribution in [1.29, 1.82) is 0 Å². The fourth-order valence-electron chi connectivity index (χ4n) is 2.77. The number of ether oxygens (including phenoxy) is 1. The van der Waals surface area contributed by atoms with Crippen LogP contribution in [0.5, 0.6) is 0 Å². The second-order valence-corrected chi connectivity index (χ2v) is 5.25. The molecule has 3 rings (SSSR count). The van der Waals surface area contributed by atoms with Crippen molar-refractivity contribution in [2.75, 3.05) is 24.5 Å². The quantitative estimate of drug-likeness (QED) is 0.873. The number of rotatable bonds is 3. The Morgan fingerprint density at radius 2 is 2.05 bits per heavy atom. The third-order valence-electron chi connectivity index (χ3n) is 3.47. The highest BCUT2D eigenvalue weighted by atomic mass is 16.5. The molecular weight excluding hydrogens is 256 g/mol. The van der Waals surface area contributed by atoms with E-state index in [-0.39, 0.29) is 12.2 Å². The smallest absolute Gasteiger partial charge is 0.163 e. The lowest BCUT2D eigenvalue weighted by Gasteiger charge is -2.36. The van der Waals surface area contributed by atoms with Gasteiger partial charge in [-0.25, -0.2) is 14.6 Å². The van der Waals surface area contributed by atoms with Crippen LogP contribution in [0.25, 0.3) is 11.0 Å². The Morgan fingerprint density at radius 1 is 1.30 bits per heavy atom. The number of nitrogens with two attached hydrogens (primary N) is 1. The van der Waals surface area contributed by atoms with Gasteiger partial charge in [-0.2, -0.15) is 5.10 Å². The third kappa shape index (κ3) is 2.34. The number of hydrogen-bond acceptors (Lipinski definition) is 6. The molecule has 1 aliphatic heterocycles. The highest BCUT2D eigenvalue weighted by molar-refractivity contribution is 5.86. The molecule has 7 nitrogen and oxygen atoms in total. The molecule has 0 aromatic carbocycles. The minimum Gasteiger partial charge on any atom is -0.372 e. The first-order valence-corrected chi connectivity index (χ1v) is 6.96. The normalized spacial score (nSPS) is 23.4. The Labute approximate surface area is 117 Å². The number of anilines is 1. The second-order valence-electron chi connectivity index (χ2n) is 5.25. The Morgan fingerprint density at radius 3 is 2.75 bits per heavy atom. The second kappa shape index (κ2) is 5.34. The molecule has 0 amide bonds. The lowest BCUT2D eigenvalue weighted by Crippen LogP contribution is -2.45. The first kappa shape index (κ1) is 13.3. The summed E-state index contributed by atoms with van der Waals surface area (Å²) in [6.45, 7) is 7.03. The van der Waals surface area contributed by atoms with Crippen molar-refractivity contribution in [2.45, 2.75) is 32.6 Å². The van der Waals surface area contributed by atoms with Crippen LogP contribution < -0.4 is 10.6 Å². The van der Waals surface area contributed by atoms with Gasteiger partial charge in [0.25, 0.3) is 0 Å². The van der Waals surface area contributed by atoms with Gasteiger partial charge in [0.05, 0.1) is 30.3 Å². The summed E-state index contributed by atoms with van der Waals surface area (Å²) < 4.78 is 7.60. The molecule has 2 aromatic heterocycles. The first-order valence-electron chi connectivity index (χ1n) is 6.96. The summed E-state index contributed by atoms with van der Waals surface area (Å²) in [5.74, 6) is 0.931. The van der Waals surface area contributed by atoms with Gasteiger partial charge in [-0.05, 0) is 13.8 Å². The van der Waals surface area contributed by atoms with Crippen molar-refractivity contribution >= 4 is 16.9 Å². The zero-order valence-corrected chi connectivity index (χ0v) is 11.9. The standard InChI is InChI=1S/C13H20N6O/c1-9-6-18(7-10(2)20-9)12-11-5-17-19(4-3-14)13(11)16-8-15-12/h5,8-10H,3-4,6-7,14H2,1-2H3/t9-,10-/m0/s1. The number of aromatic nitrogens is 4. The van der Waals surface area contributed by atoms with Gasteiger partial charge in [0.2, 0.25) is 0 Å². The molecule has 2 aromatic rings. The predicted octanol–water partition coefficient (Wildman–Crippen LogP) is 0.399. The van der Waals surface area contributed by atoms with Crippen molar-refractivity contribution in [3.05, 3.63) is 12.5 Å². The highest BCUT2D eigenvalue weighted by Gasteiger charge is 2.25. The van der Waals surface area contributed by atoms with Crippen molar-refractivity contribution in [2.24, 2.45) is 5.73 Å². The van der Waals surface area contributed by atoms with Crippen molar-refractivity contribution < 1.29 is 4.74 Å². The molecule has 2 N–H and O–H groups in total. The Bertz CT molecular complexity index is 588. The van der Waals surface area contributed by atoms with Gasteiger partial charge < -0.3 is 15.4 Å². The predicted molar refractivity (Wildman–Crippen MR) is 76.6 cm³/mol. The number of nitrogens with zero attached hydrogens (tertiary/aromatic N) is 5. The van der Waals surface area contributed by atoms with E-state index in [4.69, 9.17) is 10.5 Å². The van der Waals surface area contributed by atoms with Crippen LogP contribution in [0.3, 0.4) is 0 Å². The maximum atomic E-state index is 5.77. The summed E-state index contributed by atoms with van der Waals surface area (Å²) in [5.41, 5.74) is 6.44.